The molecule has 4 aliphatic carbocycles. The summed E-state index contributed by atoms with van der Waals surface area (Å²) >= 11 is 0. The molecule has 14 atom stereocenters. The minimum absolute atomic E-state index is 0.0227. The quantitative estimate of drug-likeness (QED) is 0.162. The first-order chi connectivity index (χ1) is 22.6. The van der Waals surface area contributed by atoms with Crippen LogP contribution in [0.5, 0.6) is 0 Å². The molecule has 10 nitrogen and oxygen atoms in total. The van der Waals surface area contributed by atoms with E-state index in [1.807, 2.05) is 0 Å². The van der Waals surface area contributed by atoms with Crippen LogP contribution in [-0.2, 0) is 19.1 Å². The van der Waals surface area contributed by atoms with E-state index in [9.17, 15) is 35.1 Å². The molecule has 4 fully saturated rings. The number of carbonyl (C=O) groups excluding carboxylic acids is 1. The molecular weight excluding hydrogens is 614 g/mol. The molecule has 0 aromatic rings. The minimum atomic E-state index is -2.30. The maximum Gasteiger partial charge on any atom is 0.364 e. The first kappa shape index (κ1) is 37.7. The van der Waals surface area contributed by atoms with Crippen LogP contribution in [0.2, 0.25) is 0 Å². The number of aliphatic carboxylic acids is 1. The molecular formula is C38H63NO9. The van der Waals surface area contributed by atoms with Crippen LogP contribution in [0.3, 0.4) is 0 Å². The molecule has 0 aromatic heterocycles. The highest BCUT2D eigenvalue weighted by molar-refractivity contribution is 5.76. The van der Waals surface area contributed by atoms with Crippen LogP contribution in [0.4, 0.5) is 0 Å². The van der Waals surface area contributed by atoms with Crippen molar-refractivity contribution in [2.75, 3.05) is 6.61 Å². The molecule has 1 heterocycles. The lowest BCUT2D eigenvalue weighted by atomic mass is 9.47. The van der Waals surface area contributed by atoms with Crippen LogP contribution in [0, 0.1) is 46.3 Å². The van der Waals surface area contributed by atoms with Gasteiger partial charge < -0.3 is 40.3 Å². The summed E-state index contributed by atoms with van der Waals surface area (Å²) in [5, 5.41) is 54.5. The fourth-order valence-electron chi connectivity index (χ4n) is 11.3. The van der Waals surface area contributed by atoms with E-state index < -0.39 is 67.3 Å². The lowest BCUT2D eigenvalue weighted by molar-refractivity contribution is -0.324. The zero-order valence-electron chi connectivity index (χ0n) is 30.1. The second-order valence-corrected chi connectivity index (χ2v) is 17.2. The van der Waals surface area contributed by atoms with Crippen molar-refractivity contribution >= 4 is 11.9 Å². The average molecular weight is 678 g/mol. The molecule has 0 radical (unpaired) electrons. The molecule has 0 spiro atoms. The van der Waals surface area contributed by atoms with Crippen LogP contribution < -0.4 is 5.32 Å². The van der Waals surface area contributed by atoms with Gasteiger partial charge in [-0.25, -0.2) is 4.79 Å². The van der Waals surface area contributed by atoms with Crippen molar-refractivity contribution in [1.29, 1.82) is 0 Å². The predicted octanol–water partition coefficient (Wildman–Crippen LogP) is 4.56. The number of rotatable bonds is 12. The lowest BCUT2D eigenvalue weighted by Gasteiger charge is -2.59. The zero-order valence-corrected chi connectivity index (χ0v) is 30.1. The van der Waals surface area contributed by atoms with Gasteiger partial charge >= 0.3 is 5.97 Å². The largest absolute Gasteiger partial charge is 0.477 e. The third-order valence-electron chi connectivity index (χ3n) is 13.8. The summed E-state index contributed by atoms with van der Waals surface area (Å²) < 4.78 is 12.3. The minimum Gasteiger partial charge on any atom is -0.477 e. The van der Waals surface area contributed by atoms with Crippen LogP contribution in [0.15, 0.2) is 11.6 Å². The highest BCUT2D eigenvalue weighted by atomic mass is 16.7. The molecule has 274 valence electrons. The van der Waals surface area contributed by atoms with Gasteiger partial charge in [0.2, 0.25) is 5.91 Å². The van der Waals surface area contributed by atoms with Gasteiger partial charge in [-0.1, -0.05) is 65.5 Å². The monoisotopic (exact) mass is 677 g/mol. The molecule has 10 heteroatoms. The molecule has 48 heavy (non-hydrogen) atoms. The van der Waals surface area contributed by atoms with Gasteiger partial charge in [0.05, 0.1) is 24.9 Å². The first-order valence-corrected chi connectivity index (χ1v) is 18.8. The molecule has 1 saturated heterocycles. The zero-order chi connectivity index (χ0) is 35.2. The van der Waals surface area contributed by atoms with Gasteiger partial charge in [0.1, 0.15) is 18.3 Å². The van der Waals surface area contributed by atoms with E-state index in [1.165, 1.54) is 57.4 Å². The van der Waals surface area contributed by atoms with Gasteiger partial charge in [-0.3, -0.25) is 4.79 Å². The standard InChI is InChI=1S/C38H63NO9/c1-21(2)8-7-9-22(3)27-12-13-28-26-11-10-24-18-25(14-16-36(24,5)29(26)15-17-37(27,28)6)47-38(35(45)46)19-30(42)32(39-23(4)41)34(48-38)33(44)31(43)20-40/h10,21-22,25-34,40,42-44H,7-9,11-20H2,1-6H3,(H,39,41)(H,45,46). The second-order valence-electron chi connectivity index (χ2n) is 17.2. The fourth-order valence-corrected chi connectivity index (χ4v) is 11.3. The Morgan fingerprint density at radius 1 is 1.06 bits per heavy atom. The summed E-state index contributed by atoms with van der Waals surface area (Å²) in [4.78, 5) is 24.7. The van der Waals surface area contributed by atoms with Gasteiger partial charge in [-0.2, -0.15) is 0 Å². The van der Waals surface area contributed by atoms with Crippen molar-refractivity contribution in [3.05, 3.63) is 11.6 Å². The Morgan fingerprint density at radius 3 is 2.44 bits per heavy atom. The number of aliphatic hydroxyl groups is 4. The molecule has 0 bridgehead atoms. The van der Waals surface area contributed by atoms with E-state index in [-0.39, 0.29) is 5.41 Å². The van der Waals surface area contributed by atoms with Crippen molar-refractivity contribution in [2.45, 2.75) is 161 Å². The summed E-state index contributed by atoms with van der Waals surface area (Å²) in [5.74, 6) is 0.0225. The number of nitrogens with one attached hydrogen (secondary N) is 1. The molecule has 1 aliphatic heterocycles. The van der Waals surface area contributed by atoms with E-state index in [1.54, 1.807) is 0 Å². The van der Waals surface area contributed by atoms with E-state index in [2.05, 4.69) is 46.0 Å². The van der Waals surface area contributed by atoms with Gasteiger partial charge in [-0.05, 0) is 97.7 Å². The number of carboxylic acids is 1. The normalized spacial score (nSPS) is 42.9. The number of hydrogen-bond acceptors (Lipinski definition) is 8. The summed E-state index contributed by atoms with van der Waals surface area (Å²) in [5.41, 5.74) is 1.74. The molecule has 3 saturated carbocycles. The maximum absolute atomic E-state index is 12.8. The van der Waals surface area contributed by atoms with Crippen molar-refractivity contribution in [2.24, 2.45) is 46.3 Å². The van der Waals surface area contributed by atoms with Crippen LogP contribution in [-0.4, -0.2) is 86.4 Å². The Balaban J connectivity index is 1.31. The number of ether oxygens (including phenoxy) is 2. The Kier molecular flexibility index (Phi) is 11.5. The van der Waals surface area contributed by atoms with E-state index >= 15 is 0 Å². The highest BCUT2D eigenvalue weighted by Gasteiger charge is 2.61. The number of aliphatic hydroxyl groups excluding tert-OH is 4. The second kappa shape index (κ2) is 14.6. The Labute approximate surface area is 287 Å². The molecule has 0 aromatic carbocycles. The first-order valence-electron chi connectivity index (χ1n) is 18.8. The number of carboxylic acid groups (broad SMARTS) is 1. The average Bonchev–Trinajstić information content (AvgIpc) is 3.38. The molecule has 5 rings (SSSR count). The van der Waals surface area contributed by atoms with E-state index in [4.69, 9.17) is 9.47 Å². The number of allylic oxidation sites excluding steroid dienone is 1. The summed E-state index contributed by atoms with van der Waals surface area (Å²) in [6.45, 7) is 12.6. The van der Waals surface area contributed by atoms with Crippen LogP contribution in [0.1, 0.15) is 119 Å². The Hall–Kier alpha value is -1.56. The molecule has 5 aliphatic rings. The number of amides is 1. The number of fused-ring (bicyclic) bond motifs is 5. The van der Waals surface area contributed by atoms with Crippen molar-refractivity contribution in [1.82, 2.24) is 5.32 Å². The van der Waals surface area contributed by atoms with Gasteiger partial charge in [0.25, 0.3) is 5.79 Å². The number of carbonyl (C=O) groups is 2. The van der Waals surface area contributed by atoms with E-state index in [0.29, 0.717) is 30.1 Å². The lowest BCUT2D eigenvalue weighted by Crippen LogP contribution is -2.68. The summed E-state index contributed by atoms with van der Waals surface area (Å²) in [6, 6.07) is -1.21. The van der Waals surface area contributed by atoms with Crippen molar-refractivity contribution < 1.29 is 44.6 Å². The van der Waals surface area contributed by atoms with Crippen molar-refractivity contribution in [3.8, 4) is 0 Å². The third-order valence-corrected chi connectivity index (χ3v) is 13.8. The molecule has 1 amide bonds. The predicted molar refractivity (Wildman–Crippen MR) is 180 cm³/mol. The van der Waals surface area contributed by atoms with Gasteiger partial charge in [0.15, 0.2) is 0 Å². The third kappa shape index (κ3) is 7.00. The number of hydrogen-bond donors (Lipinski definition) is 6. The van der Waals surface area contributed by atoms with Gasteiger partial charge in [0, 0.05) is 13.3 Å². The van der Waals surface area contributed by atoms with Crippen molar-refractivity contribution in [3.63, 3.8) is 0 Å². The highest BCUT2D eigenvalue weighted by Crippen LogP contribution is 2.67. The Bertz CT molecular complexity index is 1190. The van der Waals surface area contributed by atoms with E-state index in [0.717, 1.165) is 36.5 Å². The van der Waals surface area contributed by atoms with Crippen LogP contribution in [0.25, 0.3) is 0 Å². The van der Waals surface area contributed by atoms with Crippen LogP contribution >= 0.6 is 0 Å². The Morgan fingerprint density at radius 2 is 1.79 bits per heavy atom. The molecule has 6 N–H and O–H groups in total. The fraction of sp³-hybridized carbons (Fsp3) is 0.895. The summed E-state index contributed by atoms with van der Waals surface area (Å²) in [6.07, 6.45) is 7.23. The molecule has 14 unspecified atom stereocenters. The summed E-state index contributed by atoms with van der Waals surface area (Å²) in [7, 11) is 0. The van der Waals surface area contributed by atoms with Gasteiger partial charge in [-0.15, -0.1) is 0 Å². The smallest absolute Gasteiger partial charge is 0.364 e. The maximum atomic E-state index is 12.8. The topological polar surface area (TPSA) is 166 Å². The SMILES string of the molecule is CC(=O)NC1C(O)CC(OC2CCC3(C)C(=CCC4C3CCC3(C)C(C(C)CCCC(C)C)CCC43)C2)(C(=O)O)OC1C(O)C(O)CO.